The first-order valence-corrected chi connectivity index (χ1v) is 4.67. The van der Waals surface area contributed by atoms with Crippen molar-refractivity contribution in [1.29, 1.82) is 0 Å². The Morgan fingerprint density at radius 2 is 2.29 bits per heavy atom. The van der Waals surface area contributed by atoms with Gasteiger partial charge in [0.2, 0.25) is 0 Å². The van der Waals surface area contributed by atoms with E-state index in [0.717, 1.165) is 18.8 Å². The van der Waals surface area contributed by atoms with Gasteiger partial charge in [-0.2, -0.15) is 5.10 Å². The third kappa shape index (κ3) is 1.06. The number of aromatic amines is 1. The summed E-state index contributed by atoms with van der Waals surface area (Å²) in [6.45, 7) is 2.09. The third-order valence-corrected chi connectivity index (χ3v) is 2.63. The molecular weight excluding hydrogens is 178 g/mol. The van der Waals surface area contributed by atoms with Gasteiger partial charge in [-0.25, -0.2) is 4.98 Å². The van der Waals surface area contributed by atoms with Gasteiger partial charge in [-0.15, -0.1) is 0 Å². The Labute approximate surface area is 81.2 Å². The molecule has 2 aromatic rings. The minimum Gasteiger partial charge on any atom is -0.315 e. The molecule has 1 aliphatic heterocycles. The summed E-state index contributed by atoms with van der Waals surface area (Å²) in [6.07, 6.45) is 7.44. The van der Waals surface area contributed by atoms with Crippen molar-refractivity contribution >= 4 is 0 Å². The Balaban J connectivity index is 2.01. The van der Waals surface area contributed by atoms with Crippen LogP contribution in [0.25, 0.3) is 5.69 Å². The summed E-state index contributed by atoms with van der Waals surface area (Å²) in [5.74, 6) is 0.590. The molecule has 1 aliphatic rings. The third-order valence-electron chi connectivity index (χ3n) is 2.63. The van der Waals surface area contributed by atoms with Crippen molar-refractivity contribution in [3.63, 3.8) is 0 Å². The molecule has 0 radical (unpaired) electrons. The van der Waals surface area contributed by atoms with Gasteiger partial charge in [0.25, 0.3) is 0 Å². The summed E-state index contributed by atoms with van der Waals surface area (Å²) in [7, 11) is 0. The molecule has 0 spiro atoms. The highest BCUT2D eigenvalue weighted by atomic mass is 15.2. The van der Waals surface area contributed by atoms with Crippen molar-refractivity contribution in [2.75, 3.05) is 13.1 Å². The van der Waals surface area contributed by atoms with E-state index in [9.17, 15) is 0 Å². The van der Waals surface area contributed by atoms with Gasteiger partial charge in [-0.1, -0.05) is 0 Å². The largest absolute Gasteiger partial charge is 0.315 e. The highest BCUT2D eigenvalue weighted by Gasteiger charge is 2.22. The summed E-state index contributed by atoms with van der Waals surface area (Å²) in [4.78, 5) is 4.17. The Morgan fingerprint density at radius 1 is 1.36 bits per heavy atom. The van der Waals surface area contributed by atoms with E-state index in [1.54, 1.807) is 6.20 Å². The van der Waals surface area contributed by atoms with E-state index in [4.69, 9.17) is 0 Å². The SMILES string of the molecule is c1n[nH]cc1-n1cncc1C1CNC1. The fourth-order valence-electron chi connectivity index (χ4n) is 1.70. The monoisotopic (exact) mass is 189 g/mol. The topological polar surface area (TPSA) is 58.5 Å². The standard InChI is InChI=1S/C9H11N5/c1-7(2-10-1)9-5-11-6-14(9)8-3-12-13-4-8/h3-7,10H,1-2H2,(H,12,13). The van der Waals surface area contributed by atoms with E-state index < -0.39 is 0 Å². The van der Waals surface area contributed by atoms with Gasteiger partial charge >= 0.3 is 0 Å². The molecular formula is C9H11N5. The maximum atomic E-state index is 4.17. The zero-order valence-corrected chi connectivity index (χ0v) is 7.64. The van der Waals surface area contributed by atoms with E-state index in [-0.39, 0.29) is 0 Å². The van der Waals surface area contributed by atoms with E-state index in [1.165, 1.54) is 5.69 Å². The number of nitrogens with one attached hydrogen (secondary N) is 2. The molecule has 3 heterocycles. The number of hydrogen-bond acceptors (Lipinski definition) is 3. The summed E-state index contributed by atoms with van der Waals surface area (Å²) in [5, 5.41) is 10.00. The quantitative estimate of drug-likeness (QED) is 0.713. The fourth-order valence-corrected chi connectivity index (χ4v) is 1.70. The van der Waals surface area contributed by atoms with Gasteiger partial charge in [0.1, 0.15) is 0 Å². The summed E-state index contributed by atoms with van der Waals surface area (Å²) < 4.78 is 2.08. The Bertz CT molecular complexity index is 412. The predicted octanol–water partition coefficient (Wildman–Crippen LogP) is 0.282. The molecule has 1 saturated heterocycles. The van der Waals surface area contributed by atoms with Crippen LogP contribution in [0.4, 0.5) is 0 Å². The first kappa shape index (κ1) is 7.75. The lowest BCUT2D eigenvalue weighted by Gasteiger charge is -2.27. The Morgan fingerprint density at radius 3 is 2.93 bits per heavy atom. The minimum absolute atomic E-state index is 0.590. The maximum Gasteiger partial charge on any atom is 0.0995 e. The molecule has 0 atom stereocenters. The molecule has 1 fully saturated rings. The van der Waals surface area contributed by atoms with Crippen LogP contribution in [-0.2, 0) is 0 Å². The van der Waals surface area contributed by atoms with Gasteiger partial charge < -0.3 is 5.32 Å². The molecule has 0 saturated carbocycles. The van der Waals surface area contributed by atoms with Crippen molar-refractivity contribution < 1.29 is 0 Å². The maximum absolute atomic E-state index is 4.17. The molecule has 14 heavy (non-hydrogen) atoms. The van der Waals surface area contributed by atoms with Crippen LogP contribution in [0.5, 0.6) is 0 Å². The van der Waals surface area contributed by atoms with E-state index in [0.29, 0.717) is 5.92 Å². The second-order valence-electron chi connectivity index (χ2n) is 3.50. The Kier molecular flexibility index (Phi) is 1.63. The lowest BCUT2D eigenvalue weighted by molar-refractivity contribution is 0.435. The molecule has 2 N–H and O–H groups in total. The highest BCUT2D eigenvalue weighted by Crippen LogP contribution is 2.21. The van der Waals surface area contributed by atoms with Crippen LogP contribution in [-0.4, -0.2) is 32.8 Å². The number of nitrogens with zero attached hydrogens (tertiary/aromatic N) is 3. The fraction of sp³-hybridized carbons (Fsp3) is 0.333. The first-order chi connectivity index (χ1) is 6.95. The lowest BCUT2D eigenvalue weighted by atomic mass is 10.00. The summed E-state index contributed by atoms with van der Waals surface area (Å²) in [6, 6.07) is 0. The van der Waals surface area contributed by atoms with Crippen molar-refractivity contribution in [2.45, 2.75) is 5.92 Å². The first-order valence-electron chi connectivity index (χ1n) is 4.67. The molecule has 0 bridgehead atoms. The van der Waals surface area contributed by atoms with Gasteiger partial charge in [0.15, 0.2) is 0 Å². The highest BCUT2D eigenvalue weighted by molar-refractivity contribution is 5.30. The molecule has 5 nitrogen and oxygen atoms in total. The van der Waals surface area contributed by atoms with Gasteiger partial charge in [-0.05, 0) is 0 Å². The molecule has 0 aliphatic carbocycles. The van der Waals surface area contributed by atoms with Crippen LogP contribution < -0.4 is 5.32 Å². The lowest BCUT2D eigenvalue weighted by Crippen LogP contribution is -2.40. The molecule has 3 rings (SSSR count). The van der Waals surface area contributed by atoms with E-state index in [1.807, 2.05) is 18.7 Å². The van der Waals surface area contributed by atoms with Crippen LogP contribution in [0.1, 0.15) is 11.6 Å². The number of rotatable bonds is 2. The van der Waals surface area contributed by atoms with Crippen LogP contribution in [0, 0.1) is 0 Å². The number of imidazole rings is 1. The smallest absolute Gasteiger partial charge is 0.0995 e. The van der Waals surface area contributed by atoms with E-state index >= 15 is 0 Å². The van der Waals surface area contributed by atoms with Crippen molar-refractivity contribution in [3.05, 3.63) is 30.6 Å². The van der Waals surface area contributed by atoms with Crippen molar-refractivity contribution in [2.24, 2.45) is 0 Å². The Hall–Kier alpha value is -1.62. The average molecular weight is 189 g/mol. The number of hydrogen-bond donors (Lipinski definition) is 2. The molecule has 0 aromatic carbocycles. The molecule has 5 heteroatoms. The van der Waals surface area contributed by atoms with Crippen LogP contribution in [0.2, 0.25) is 0 Å². The average Bonchev–Trinajstić information content (AvgIpc) is 2.66. The van der Waals surface area contributed by atoms with Gasteiger partial charge in [0.05, 0.1) is 18.2 Å². The zero-order valence-electron chi connectivity index (χ0n) is 7.64. The molecule has 72 valence electrons. The molecule has 0 amide bonds. The second kappa shape index (κ2) is 2.95. The van der Waals surface area contributed by atoms with Crippen LogP contribution in [0.3, 0.4) is 0 Å². The molecule has 0 unspecified atom stereocenters. The number of aromatic nitrogens is 4. The minimum atomic E-state index is 0.590. The summed E-state index contributed by atoms with van der Waals surface area (Å²) in [5.41, 5.74) is 2.30. The van der Waals surface area contributed by atoms with E-state index in [2.05, 4.69) is 25.1 Å². The zero-order chi connectivity index (χ0) is 9.38. The second-order valence-corrected chi connectivity index (χ2v) is 3.50. The summed E-state index contributed by atoms with van der Waals surface area (Å²) >= 11 is 0. The van der Waals surface area contributed by atoms with Crippen LogP contribution >= 0.6 is 0 Å². The van der Waals surface area contributed by atoms with Gasteiger partial charge in [-0.3, -0.25) is 9.67 Å². The normalized spacial score (nSPS) is 16.9. The van der Waals surface area contributed by atoms with Crippen molar-refractivity contribution in [3.8, 4) is 5.69 Å². The van der Waals surface area contributed by atoms with Gasteiger partial charge in [0, 0.05) is 37.1 Å². The van der Waals surface area contributed by atoms with Crippen molar-refractivity contribution in [1.82, 2.24) is 25.1 Å². The van der Waals surface area contributed by atoms with Crippen LogP contribution in [0.15, 0.2) is 24.9 Å². The molecule has 2 aromatic heterocycles. The predicted molar refractivity (Wildman–Crippen MR) is 51.3 cm³/mol. The number of H-pyrrole nitrogens is 1.